The van der Waals surface area contributed by atoms with Crippen molar-refractivity contribution in [1.29, 1.82) is 0 Å². The fraction of sp³-hybridized carbons (Fsp3) is 0.294. The van der Waals surface area contributed by atoms with Crippen molar-refractivity contribution in [3.63, 3.8) is 0 Å². The van der Waals surface area contributed by atoms with Gasteiger partial charge in [-0.25, -0.2) is 4.98 Å². The zero-order valence-electron chi connectivity index (χ0n) is 14.5. The first kappa shape index (κ1) is 18.6. The van der Waals surface area contributed by atoms with Crippen LogP contribution < -0.4 is 5.32 Å². The van der Waals surface area contributed by atoms with Gasteiger partial charge in [0.1, 0.15) is 12.1 Å². The fourth-order valence-electron chi connectivity index (χ4n) is 2.62. The Kier molecular flexibility index (Phi) is 4.98. The molecule has 3 rings (SSSR count). The van der Waals surface area contributed by atoms with Gasteiger partial charge in [0.05, 0.1) is 20.0 Å². The van der Waals surface area contributed by atoms with E-state index < -0.39 is 18.6 Å². The van der Waals surface area contributed by atoms with E-state index >= 15 is 0 Å². The number of anilines is 2. The van der Waals surface area contributed by atoms with Crippen LogP contribution in [-0.2, 0) is 22.4 Å². The highest BCUT2D eigenvalue weighted by Gasteiger charge is 2.28. The number of nitrogens with zero attached hydrogens (tertiary/aromatic N) is 4. The summed E-state index contributed by atoms with van der Waals surface area (Å²) in [6.45, 7) is 1.76. The normalized spacial score (nSPS) is 11.6. The predicted molar refractivity (Wildman–Crippen MR) is 90.7 cm³/mol. The molecule has 0 atom stereocenters. The van der Waals surface area contributed by atoms with Crippen molar-refractivity contribution in [2.24, 2.45) is 0 Å². The number of carbonyl (C=O) groups is 1. The molecule has 1 aromatic carbocycles. The molecule has 0 amide bonds. The smallest absolute Gasteiger partial charge is 0.393 e. The summed E-state index contributed by atoms with van der Waals surface area (Å²) >= 11 is 0. The summed E-state index contributed by atoms with van der Waals surface area (Å²) in [6, 6.07) is 5.87. The second-order valence-electron chi connectivity index (χ2n) is 5.92. The Morgan fingerprint density at radius 2 is 2.07 bits per heavy atom. The molecule has 142 valence electrons. The molecule has 27 heavy (non-hydrogen) atoms. The number of hydrogen-bond donors (Lipinski definition) is 1. The second-order valence-corrected chi connectivity index (χ2v) is 5.92. The molecule has 3 aromatic rings. The Balaban J connectivity index is 2.03. The van der Waals surface area contributed by atoms with E-state index in [1.165, 1.54) is 36.2 Å². The van der Waals surface area contributed by atoms with Crippen LogP contribution in [0.5, 0.6) is 0 Å². The van der Waals surface area contributed by atoms with E-state index in [4.69, 9.17) is 0 Å². The van der Waals surface area contributed by atoms with E-state index in [2.05, 4.69) is 25.1 Å². The number of nitrogens with one attached hydrogen (secondary N) is 1. The van der Waals surface area contributed by atoms with Gasteiger partial charge in [0.15, 0.2) is 0 Å². The Hall–Kier alpha value is -3.17. The molecule has 0 fully saturated rings. The molecule has 2 aromatic heterocycles. The summed E-state index contributed by atoms with van der Waals surface area (Å²) in [4.78, 5) is 19.9. The number of halogens is 3. The second kappa shape index (κ2) is 7.22. The van der Waals surface area contributed by atoms with Crippen LogP contribution in [0.25, 0.3) is 5.78 Å². The minimum Gasteiger partial charge on any atom is -0.469 e. The Bertz CT molecular complexity index is 984. The van der Waals surface area contributed by atoms with Gasteiger partial charge in [0, 0.05) is 17.4 Å². The van der Waals surface area contributed by atoms with Crippen LogP contribution in [-0.4, -0.2) is 38.8 Å². The molecule has 0 unspecified atom stereocenters. The van der Waals surface area contributed by atoms with E-state index in [1.54, 1.807) is 13.0 Å². The molecule has 0 saturated heterocycles. The lowest BCUT2D eigenvalue weighted by molar-refractivity contribution is -0.139. The van der Waals surface area contributed by atoms with Gasteiger partial charge in [-0.05, 0) is 24.1 Å². The fourth-order valence-corrected chi connectivity index (χ4v) is 2.62. The third-order valence-corrected chi connectivity index (χ3v) is 3.78. The van der Waals surface area contributed by atoms with Crippen molar-refractivity contribution in [3.8, 4) is 0 Å². The van der Waals surface area contributed by atoms with Gasteiger partial charge in [0.2, 0.25) is 0 Å². The average molecular weight is 379 g/mol. The summed E-state index contributed by atoms with van der Waals surface area (Å²) in [6.07, 6.45) is -4.18. The van der Waals surface area contributed by atoms with Crippen LogP contribution in [0.4, 0.5) is 24.7 Å². The zero-order valence-corrected chi connectivity index (χ0v) is 14.5. The van der Waals surface area contributed by atoms with Gasteiger partial charge < -0.3 is 10.1 Å². The van der Waals surface area contributed by atoms with Crippen molar-refractivity contribution >= 4 is 23.3 Å². The van der Waals surface area contributed by atoms with Crippen molar-refractivity contribution in [2.45, 2.75) is 25.9 Å². The Morgan fingerprint density at radius 3 is 2.78 bits per heavy atom. The Labute approximate surface area is 152 Å². The van der Waals surface area contributed by atoms with Gasteiger partial charge in [-0.15, -0.1) is 0 Å². The van der Waals surface area contributed by atoms with E-state index in [-0.39, 0.29) is 12.0 Å². The van der Waals surface area contributed by atoms with E-state index in [0.717, 1.165) is 0 Å². The molecule has 1 N–H and O–H groups in total. The number of hydrogen-bond acceptors (Lipinski definition) is 6. The first-order valence-electron chi connectivity index (χ1n) is 7.95. The van der Waals surface area contributed by atoms with Crippen LogP contribution in [0.1, 0.15) is 16.8 Å². The molecule has 0 saturated carbocycles. The van der Waals surface area contributed by atoms with Crippen LogP contribution in [0.2, 0.25) is 0 Å². The van der Waals surface area contributed by atoms with E-state index in [0.29, 0.717) is 28.5 Å². The lowest BCUT2D eigenvalue weighted by Crippen LogP contribution is -2.13. The van der Waals surface area contributed by atoms with Crippen molar-refractivity contribution in [2.75, 3.05) is 12.4 Å². The van der Waals surface area contributed by atoms with Gasteiger partial charge in [0.25, 0.3) is 5.78 Å². The summed E-state index contributed by atoms with van der Waals surface area (Å²) in [5, 5.41) is 7.10. The molecule has 0 bridgehead atoms. The molecule has 7 nitrogen and oxygen atoms in total. The SMILES string of the molecule is COC(=O)Cc1ccc(CC(F)(F)F)cc1Nc1cc(C)nc2ncnn12. The highest BCUT2D eigenvalue weighted by molar-refractivity contribution is 5.76. The number of carbonyl (C=O) groups excluding carboxylic acids is 1. The number of esters is 1. The quantitative estimate of drug-likeness (QED) is 0.687. The van der Waals surface area contributed by atoms with Gasteiger partial charge in [-0.1, -0.05) is 12.1 Å². The number of aromatic nitrogens is 4. The van der Waals surface area contributed by atoms with Crippen molar-refractivity contribution < 1.29 is 22.7 Å². The van der Waals surface area contributed by atoms with E-state index in [1.807, 2.05) is 0 Å². The van der Waals surface area contributed by atoms with Crippen LogP contribution >= 0.6 is 0 Å². The Morgan fingerprint density at radius 1 is 1.30 bits per heavy atom. The van der Waals surface area contributed by atoms with Gasteiger partial charge in [-0.3, -0.25) is 4.79 Å². The van der Waals surface area contributed by atoms with Crippen molar-refractivity contribution in [1.82, 2.24) is 19.6 Å². The minimum absolute atomic E-state index is 0.0687. The monoisotopic (exact) mass is 379 g/mol. The molecule has 0 aliphatic heterocycles. The topological polar surface area (TPSA) is 81.4 Å². The first-order valence-corrected chi connectivity index (χ1v) is 7.95. The highest BCUT2D eigenvalue weighted by Crippen LogP contribution is 2.28. The lowest BCUT2D eigenvalue weighted by atomic mass is 10.0. The summed E-state index contributed by atoms with van der Waals surface area (Å²) in [7, 11) is 1.25. The number of fused-ring (bicyclic) bond motifs is 1. The molecule has 0 spiro atoms. The molecule has 2 heterocycles. The third-order valence-electron chi connectivity index (χ3n) is 3.78. The average Bonchev–Trinajstić information content (AvgIpc) is 3.04. The van der Waals surface area contributed by atoms with Crippen LogP contribution in [0.15, 0.2) is 30.6 Å². The predicted octanol–water partition coefficient (Wildman–Crippen LogP) is 3.00. The highest BCUT2D eigenvalue weighted by atomic mass is 19.4. The summed E-state index contributed by atoms with van der Waals surface area (Å²) in [5.74, 6) is 0.308. The first-order chi connectivity index (χ1) is 12.7. The van der Waals surface area contributed by atoms with Gasteiger partial charge >= 0.3 is 12.1 Å². The molecule has 10 heteroatoms. The number of rotatable bonds is 5. The maximum Gasteiger partial charge on any atom is 0.393 e. The van der Waals surface area contributed by atoms with Crippen LogP contribution in [0, 0.1) is 6.92 Å². The number of methoxy groups -OCH3 is 1. The molecule has 0 aliphatic carbocycles. The standard InChI is InChI=1S/C17H16F3N5O2/c1-10-5-14(25-16(23-10)21-9-22-25)24-13-6-11(8-17(18,19)20)3-4-12(13)7-15(26)27-2/h3-6,9,24H,7-8H2,1-2H3. The van der Waals surface area contributed by atoms with Crippen molar-refractivity contribution in [3.05, 3.63) is 47.4 Å². The maximum absolute atomic E-state index is 12.8. The molecule has 0 radical (unpaired) electrons. The number of ether oxygens (including phenoxy) is 1. The molecular weight excluding hydrogens is 363 g/mol. The zero-order chi connectivity index (χ0) is 19.6. The largest absolute Gasteiger partial charge is 0.469 e. The third kappa shape index (κ3) is 4.52. The summed E-state index contributed by atoms with van der Waals surface area (Å²) < 4.78 is 44.4. The van der Waals surface area contributed by atoms with Gasteiger partial charge in [-0.2, -0.15) is 27.8 Å². The lowest BCUT2D eigenvalue weighted by Gasteiger charge is -2.15. The molecular formula is C17H16F3N5O2. The minimum atomic E-state index is -4.34. The number of alkyl halides is 3. The summed E-state index contributed by atoms with van der Waals surface area (Å²) in [5.41, 5.74) is 1.57. The maximum atomic E-state index is 12.8. The number of benzene rings is 1. The number of aryl methyl sites for hydroxylation is 1. The molecule has 0 aliphatic rings. The van der Waals surface area contributed by atoms with Crippen LogP contribution in [0.3, 0.4) is 0 Å². The van der Waals surface area contributed by atoms with E-state index in [9.17, 15) is 18.0 Å².